The highest BCUT2D eigenvalue weighted by Gasteiger charge is 2.08. The van der Waals surface area contributed by atoms with E-state index in [2.05, 4.69) is 53.8 Å². The van der Waals surface area contributed by atoms with Crippen molar-refractivity contribution in [3.63, 3.8) is 0 Å². The van der Waals surface area contributed by atoms with Crippen molar-refractivity contribution in [2.24, 2.45) is 5.92 Å². The molecule has 2 aromatic rings. The van der Waals surface area contributed by atoms with Gasteiger partial charge in [-0.1, -0.05) is 13.8 Å². The van der Waals surface area contributed by atoms with Crippen LogP contribution in [-0.4, -0.2) is 4.98 Å². The van der Waals surface area contributed by atoms with Crippen molar-refractivity contribution < 1.29 is 0 Å². The first kappa shape index (κ1) is 12.4. The SMILES string of the molecule is Cc1cc(Br)c2nc(CC(C)C)cc(N)c2c1. The van der Waals surface area contributed by atoms with Crippen molar-refractivity contribution in [1.82, 2.24) is 4.98 Å². The maximum Gasteiger partial charge on any atom is 0.0868 e. The second-order valence-corrected chi connectivity index (χ2v) is 5.80. The van der Waals surface area contributed by atoms with Crippen LogP contribution in [0.2, 0.25) is 0 Å². The molecule has 0 saturated carbocycles. The van der Waals surface area contributed by atoms with Gasteiger partial charge >= 0.3 is 0 Å². The number of anilines is 1. The highest BCUT2D eigenvalue weighted by atomic mass is 79.9. The first-order chi connectivity index (χ1) is 7.97. The Kier molecular flexibility index (Phi) is 3.38. The molecule has 1 aromatic carbocycles. The van der Waals surface area contributed by atoms with E-state index in [9.17, 15) is 0 Å². The Labute approximate surface area is 110 Å². The predicted octanol–water partition coefficient (Wildman–Crippen LogP) is 4.09. The van der Waals surface area contributed by atoms with E-state index in [1.807, 2.05) is 6.07 Å². The molecule has 0 amide bonds. The molecule has 2 nitrogen and oxygen atoms in total. The van der Waals surface area contributed by atoms with Gasteiger partial charge < -0.3 is 5.73 Å². The molecule has 2 rings (SSSR count). The average Bonchev–Trinajstić information content (AvgIpc) is 2.19. The van der Waals surface area contributed by atoms with Gasteiger partial charge in [0.1, 0.15) is 0 Å². The van der Waals surface area contributed by atoms with Crippen molar-refractivity contribution in [2.45, 2.75) is 27.2 Å². The van der Waals surface area contributed by atoms with Gasteiger partial charge in [-0.05, 0) is 59.0 Å². The van der Waals surface area contributed by atoms with Gasteiger partial charge in [-0.2, -0.15) is 0 Å². The molecule has 0 spiro atoms. The Hall–Kier alpha value is -1.09. The third-order valence-corrected chi connectivity index (χ3v) is 3.32. The van der Waals surface area contributed by atoms with Crippen molar-refractivity contribution in [3.05, 3.63) is 33.9 Å². The number of benzene rings is 1. The summed E-state index contributed by atoms with van der Waals surface area (Å²) in [6.45, 7) is 6.43. The van der Waals surface area contributed by atoms with Gasteiger partial charge in [-0.25, -0.2) is 0 Å². The summed E-state index contributed by atoms with van der Waals surface area (Å²) in [4.78, 5) is 4.69. The largest absolute Gasteiger partial charge is 0.398 e. The fourth-order valence-corrected chi connectivity index (χ4v) is 2.69. The van der Waals surface area contributed by atoms with E-state index >= 15 is 0 Å². The molecule has 0 aliphatic heterocycles. The summed E-state index contributed by atoms with van der Waals surface area (Å²) in [6.07, 6.45) is 0.959. The second-order valence-electron chi connectivity index (χ2n) is 4.94. The quantitative estimate of drug-likeness (QED) is 0.906. The van der Waals surface area contributed by atoms with Gasteiger partial charge in [0.15, 0.2) is 0 Å². The predicted molar refractivity (Wildman–Crippen MR) is 77.1 cm³/mol. The molecule has 0 aliphatic carbocycles. The van der Waals surface area contributed by atoms with Crippen LogP contribution >= 0.6 is 15.9 Å². The summed E-state index contributed by atoms with van der Waals surface area (Å²) in [5.41, 5.74) is 10.1. The summed E-state index contributed by atoms with van der Waals surface area (Å²) in [5.74, 6) is 0.587. The van der Waals surface area contributed by atoms with E-state index in [0.29, 0.717) is 5.92 Å². The number of fused-ring (bicyclic) bond motifs is 1. The molecule has 0 aliphatic rings. The van der Waals surface area contributed by atoms with Gasteiger partial charge in [0.2, 0.25) is 0 Å². The van der Waals surface area contributed by atoms with Gasteiger partial charge in [0.25, 0.3) is 0 Å². The number of nitrogens with two attached hydrogens (primary N) is 1. The minimum absolute atomic E-state index is 0.587. The van der Waals surface area contributed by atoms with Crippen LogP contribution in [-0.2, 0) is 6.42 Å². The number of nitrogens with zero attached hydrogens (tertiary/aromatic N) is 1. The number of hydrogen-bond acceptors (Lipinski definition) is 2. The highest BCUT2D eigenvalue weighted by Crippen LogP contribution is 2.29. The fraction of sp³-hybridized carbons (Fsp3) is 0.357. The molecular formula is C14H17BrN2. The molecular weight excluding hydrogens is 276 g/mol. The lowest BCUT2D eigenvalue weighted by atomic mass is 10.0. The molecule has 0 saturated heterocycles. The fourth-order valence-electron chi connectivity index (χ4n) is 2.02. The maximum atomic E-state index is 6.11. The van der Waals surface area contributed by atoms with E-state index in [4.69, 9.17) is 5.73 Å². The maximum absolute atomic E-state index is 6.11. The molecule has 1 aromatic heterocycles. The molecule has 0 fully saturated rings. The lowest BCUT2D eigenvalue weighted by Gasteiger charge is -2.10. The molecule has 0 unspecified atom stereocenters. The Morgan fingerprint density at radius 1 is 1.29 bits per heavy atom. The third kappa shape index (κ3) is 2.60. The van der Waals surface area contributed by atoms with E-state index in [-0.39, 0.29) is 0 Å². The highest BCUT2D eigenvalue weighted by molar-refractivity contribution is 9.10. The van der Waals surface area contributed by atoms with Crippen molar-refractivity contribution >= 4 is 32.5 Å². The first-order valence-corrected chi connectivity index (χ1v) is 6.62. The minimum Gasteiger partial charge on any atom is -0.398 e. The van der Waals surface area contributed by atoms with Crippen molar-refractivity contribution in [1.29, 1.82) is 0 Å². The molecule has 1 heterocycles. The zero-order chi connectivity index (χ0) is 12.6. The molecule has 0 bridgehead atoms. The van der Waals surface area contributed by atoms with E-state index in [0.717, 1.165) is 33.2 Å². The third-order valence-electron chi connectivity index (χ3n) is 2.71. The topological polar surface area (TPSA) is 38.9 Å². The van der Waals surface area contributed by atoms with Crippen LogP contribution in [0.15, 0.2) is 22.7 Å². The van der Waals surface area contributed by atoms with Crippen molar-refractivity contribution in [2.75, 3.05) is 5.73 Å². The summed E-state index contributed by atoms with van der Waals surface area (Å²) >= 11 is 3.56. The summed E-state index contributed by atoms with van der Waals surface area (Å²) in [5, 5.41) is 1.03. The van der Waals surface area contributed by atoms with Crippen LogP contribution < -0.4 is 5.73 Å². The van der Waals surface area contributed by atoms with Crippen LogP contribution in [0.4, 0.5) is 5.69 Å². The van der Waals surface area contributed by atoms with E-state index in [1.165, 1.54) is 5.56 Å². The zero-order valence-corrected chi connectivity index (χ0v) is 12.0. The van der Waals surface area contributed by atoms with Crippen LogP contribution in [0.25, 0.3) is 10.9 Å². The standard InChI is InChI=1S/C14H17BrN2/c1-8(2)4-10-7-13(16)11-5-9(3)6-12(15)14(11)17-10/h5-8H,4H2,1-3H3,(H2,16,17). The molecule has 2 N–H and O–H groups in total. The number of halogens is 1. The molecule has 0 radical (unpaired) electrons. The van der Waals surface area contributed by atoms with Gasteiger partial charge in [-0.15, -0.1) is 0 Å². The number of hydrogen-bond donors (Lipinski definition) is 1. The molecule has 3 heteroatoms. The monoisotopic (exact) mass is 292 g/mol. The van der Waals surface area contributed by atoms with E-state index in [1.54, 1.807) is 0 Å². The van der Waals surface area contributed by atoms with Crippen LogP contribution in [0.1, 0.15) is 25.1 Å². The average molecular weight is 293 g/mol. The Morgan fingerprint density at radius 3 is 2.65 bits per heavy atom. The normalized spacial score (nSPS) is 11.4. The number of nitrogen functional groups attached to an aromatic ring is 1. The number of pyridine rings is 1. The second kappa shape index (κ2) is 4.65. The van der Waals surface area contributed by atoms with Crippen LogP contribution in [0.3, 0.4) is 0 Å². The molecule has 0 atom stereocenters. The number of aromatic nitrogens is 1. The molecule has 90 valence electrons. The van der Waals surface area contributed by atoms with Crippen LogP contribution in [0.5, 0.6) is 0 Å². The van der Waals surface area contributed by atoms with Crippen molar-refractivity contribution in [3.8, 4) is 0 Å². The Bertz CT molecular complexity index is 562. The summed E-state index contributed by atoms with van der Waals surface area (Å²) < 4.78 is 1.02. The summed E-state index contributed by atoms with van der Waals surface area (Å²) in [7, 11) is 0. The minimum atomic E-state index is 0.587. The van der Waals surface area contributed by atoms with Gasteiger partial charge in [-0.3, -0.25) is 4.98 Å². The number of aryl methyl sites for hydroxylation is 1. The smallest absolute Gasteiger partial charge is 0.0868 e. The zero-order valence-electron chi connectivity index (χ0n) is 10.4. The Balaban J connectivity index is 2.64. The lowest BCUT2D eigenvalue weighted by Crippen LogP contribution is -2.00. The number of rotatable bonds is 2. The van der Waals surface area contributed by atoms with Gasteiger partial charge in [0, 0.05) is 21.2 Å². The lowest BCUT2D eigenvalue weighted by molar-refractivity contribution is 0.637. The summed E-state index contributed by atoms with van der Waals surface area (Å²) in [6, 6.07) is 6.16. The van der Waals surface area contributed by atoms with Gasteiger partial charge in [0.05, 0.1) is 5.52 Å². The Morgan fingerprint density at radius 2 is 2.00 bits per heavy atom. The van der Waals surface area contributed by atoms with E-state index < -0.39 is 0 Å². The first-order valence-electron chi connectivity index (χ1n) is 5.82. The molecule has 17 heavy (non-hydrogen) atoms. The van der Waals surface area contributed by atoms with Crippen LogP contribution in [0, 0.1) is 12.8 Å².